The fourth-order valence-electron chi connectivity index (χ4n) is 9.58. The van der Waals surface area contributed by atoms with E-state index in [0.29, 0.717) is 24.4 Å². The van der Waals surface area contributed by atoms with E-state index in [1.807, 2.05) is 25.3 Å². The number of pyridine rings is 2. The minimum absolute atomic E-state index is 0.0250. The minimum Gasteiger partial charge on any atom is -0.381 e. The number of rotatable bonds is 6. The molecule has 3 N–H and O–H groups in total. The first-order valence-corrected chi connectivity index (χ1v) is 21.6. The van der Waals surface area contributed by atoms with Crippen LogP contribution in [0.4, 0.5) is 17.2 Å². The second-order valence-electron chi connectivity index (χ2n) is 16.7. The lowest BCUT2D eigenvalue weighted by atomic mass is 9.95. The molecule has 3 saturated heterocycles. The van der Waals surface area contributed by atoms with Gasteiger partial charge in [-0.25, -0.2) is 14.8 Å². The molecule has 6 aromatic rings. The Morgan fingerprint density at radius 2 is 1.69 bits per heavy atom. The molecule has 4 aliphatic rings. The third-order valence-electron chi connectivity index (χ3n) is 12.8. The predicted octanol–water partition coefficient (Wildman–Crippen LogP) is 5.03. The van der Waals surface area contributed by atoms with E-state index in [1.165, 1.54) is 11.3 Å². The van der Waals surface area contributed by atoms with Crippen LogP contribution in [0.5, 0.6) is 0 Å². The van der Waals surface area contributed by atoms with Gasteiger partial charge in [0, 0.05) is 105 Å². The SMILES string of the molecule is Cc1cc(-c2ccc3c(ccc4sc5c(c43)NC[C@@H](C)NC5=O)n2)cnc1N1CCN(CC2CCN(c3ccc4c(c3)n(C)c(=O)n4C3CCC(=O)NC3=O)CC2)CC1. The van der Waals surface area contributed by atoms with Gasteiger partial charge in [-0.05, 0) is 93.1 Å². The van der Waals surface area contributed by atoms with Crippen molar-refractivity contribution in [1.82, 2.24) is 34.6 Å². The summed E-state index contributed by atoms with van der Waals surface area (Å²) in [5, 5.41) is 11.1. The van der Waals surface area contributed by atoms with Crippen molar-refractivity contribution in [3.05, 3.63) is 75.7 Å². The highest BCUT2D eigenvalue weighted by Crippen LogP contribution is 2.41. The number of imide groups is 1. The Morgan fingerprint density at radius 1 is 0.881 bits per heavy atom. The normalized spacial score (nSPS) is 20.8. The van der Waals surface area contributed by atoms with Crippen molar-refractivity contribution in [3.63, 3.8) is 0 Å². The molecule has 0 bridgehead atoms. The van der Waals surface area contributed by atoms with Crippen molar-refractivity contribution in [2.45, 2.75) is 51.6 Å². The van der Waals surface area contributed by atoms with Crippen molar-refractivity contribution >= 4 is 78.3 Å². The quantitative estimate of drug-likeness (QED) is 0.196. The third-order valence-corrected chi connectivity index (χ3v) is 14.0. The van der Waals surface area contributed by atoms with Crippen LogP contribution in [-0.2, 0) is 16.6 Å². The van der Waals surface area contributed by atoms with E-state index in [2.05, 4.69) is 74.0 Å². The maximum absolute atomic E-state index is 13.3. The monoisotopic (exact) mass is 812 g/mol. The number of aromatic nitrogens is 4. The summed E-state index contributed by atoms with van der Waals surface area (Å²) in [6.45, 7) is 11.7. The number of carbonyl (C=O) groups excluding carboxylic acids is 3. The predicted molar refractivity (Wildman–Crippen MR) is 233 cm³/mol. The van der Waals surface area contributed by atoms with Crippen LogP contribution in [0.3, 0.4) is 0 Å². The Kier molecular flexibility index (Phi) is 9.39. The van der Waals surface area contributed by atoms with Gasteiger partial charge in [0.25, 0.3) is 5.91 Å². The van der Waals surface area contributed by atoms with Crippen molar-refractivity contribution < 1.29 is 14.4 Å². The molecule has 15 heteroatoms. The molecule has 4 aromatic heterocycles. The summed E-state index contributed by atoms with van der Waals surface area (Å²) < 4.78 is 4.22. The molecule has 1 unspecified atom stereocenters. The summed E-state index contributed by atoms with van der Waals surface area (Å²) in [5.74, 6) is 0.924. The van der Waals surface area contributed by atoms with E-state index in [4.69, 9.17) is 9.97 Å². The molecule has 0 spiro atoms. The van der Waals surface area contributed by atoms with Gasteiger partial charge in [0.2, 0.25) is 11.8 Å². The highest BCUT2D eigenvalue weighted by atomic mass is 32.1. The number of thiophene rings is 1. The third kappa shape index (κ3) is 6.69. The number of nitrogens with one attached hydrogen (secondary N) is 3. The van der Waals surface area contributed by atoms with Crippen molar-refractivity contribution in [2.24, 2.45) is 13.0 Å². The van der Waals surface area contributed by atoms with Crippen LogP contribution in [0.25, 0.3) is 43.3 Å². The zero-order chi connectivity index (χ0) is 40.5. The van der Waals surface area contributed by atoms with Gasteiger partial charge in [0.1, 0.15) is 16.7 Å². The largest absolute Gasteiger partial charge is 0.381 e. The standard InChI is InChI=1S/C44H48N10O4S/c1-25-20-28(31-6-5-30-32(48-31)7-10-36-38(30)39-40(59-36)43(57)47-26(2)22-45-39)23-46-41(25)53-18-16-51(17-19-53)24-27-12-14-52(15-13-27)29-4-8-33-35(21-29)50(3)44(58)54(33)34-9-11-37(55)49-42(34)56/h4-8,10,20-21,23,26-27,34,45H,9,11-19,22,24H2,1-3H3,(H,47,57)(H,49,55,56)/t26-,34?/m1/s1. The smallest absolute Gasteiger partial charge is 0.329 e. The molecular formula is C44H48N10O4S. The number of fused-ring (bicyclic) bond motifs is 6. The summed E-state index contributed by atoms with van der Waals surface area (Å²) in [6, 6.07) is 16.0. The van der Waals surface area contributed by atoms with Crippen molar-refractivity contribution in [2.75, 3.05) is 67.5 Å². The van der Waals surface area contributed by atoms with Gasteiger partial charge in [-0.2, -0.15) is 0 Å². The first-order valence-electron chi connectivity index (χ1n) is 20.7. The minimum atomic E-state index is -0.682. The molecule has 14 nitrogen and oxygen atoms in total. The molecule has 304 valence electrons. The Bertz CT molecular complexity index is 2740. The first-order chi connectivity index (χ1) is 28.6. The average molecular weight is 813 g/mol. The number of piperidine rings is 2. The summed E-state index contributed by atoms with van der Waals surface area (Å²) >= 11 is 1.52. The van der Waals surface area contributed by atoms with Crippen LogP contribution in [-0.4, -0.2) is 100 Å². The molecule has 3 fully saturated rings. The number of hydrogen-bond donors (Lipinski definition) is 3. The first kappa shape index (κ1) is 37.5. The van der Waals surface area contributed by atoms with Gasteiger partial charge in [-0.3, -0.25) is 33.7 Å². The maximum Gasteiger partial charge on any atom is 0.329 e. The van der Waals surface area contributed by atoms with E-state index < -0.39 is 11.9 Å². The van der Waals surface area contributed by atoms with Gasteiger partial charge < -0.3 is 20.4 Å². The highest BCUT2D eigenvalue weighted by Gasteiger charge is 2.32. The molecule has 0 saturated carbocycles. The number of benzene rings is 2. The van der Waals surface area contributed by atoms with Crippen LogP contribution < -0.4 is 31.4 Å². The van der Waals surface area contributed by atoms with Gasteiger partial charge in [-0.1, -0.05) is 0 Å². The fourth-order valence-corrected chi connectivity index (χ4v) is 10.7. The van der Waals surface area contributed by atoms with E-state index in [1.54, 1.807) is 16.2 Å². The number of imidazole rings is 1. The number of carbonyl (C=O) groups is 3. The summed E-state index contributed by atoms with van der Waals surface area (Å²) in [4.78, 5) is 68.7. The van der Waals surface area contributed by atoms with Crippen LogP contribution >= 0.6 is 11.3 Å². The zero-order valence-corrected chi connectivity index (χ0v) is 34.4. The molecule has 3 amide bonds. The lowest BCUT2D eigenvalue weighted by molar-refractivity contribution is -0.135. The van der Waals surface area contributed by atoms with E-state index >= 15 is 0 Å². The van der Waals surface area contributed by atoms with Crippen LogP contribution in [0.2, 0.25) is 0 Å². The number of anilines is 3. The number of piperazine rings is 1. The lowest BCUT2D eigenvalue weighted by Gasteiger charge is -2.40. The molecule has 0 radical (unpaired) electrons. The van der Waals surface area contributed by atoms with Crippen LogP contribution in [0.1, 0.15) is 53.9 Å². The Hall–Kier alpha value is -5.80. The zero-order valence-electron chi connectivity index (χ0n) is 33.6. The Labute approximate surface area is 345 Å². The number of hydrogen-bond acceptors (Lipinski definition) is 11. The van der Waals surface area contributed by atoms with E-state index in [9.17, 15) is 19.2 Å². The number of nitrogens with zero attached hydrogens (tertiary/aromatic N) is 7. The second-order valence-corrected chi connectivity index (χ2v) is 17.7. The summed E-state index contributed by atoms with van der Waals surface area (Å²) in [5.41, 5.74) is 7.16. The molecule has 2 aromatic carbocycles. The average Bonchev–Trinajstić information content (AvgIpc) is 3.69. The van der Waals surface area contributed by atoms with Crippen LogP contribution in [0.15, 0.2) is 59.5 Å². The Balaban J connectivity index is 0.756. The van der Waals surface area contributed by atoms with Crippen molar-refractivity contribution in [1.29, 1.82) is 0 Å². The fraction of sp³-hybridized carbons (Fsp3) is 0.409. The summed E-state index contributed by atoms with van der Waals surface area (Å²) in [6.07, 6.45) is 4.71. The second kappa shape index (κ2) is 14.8. The van der Waals surface area contributed by atoms with Gasteiger partial charge in [0.05, 0.1) is 27.9 Å². The number of aryl methyl sites for hydroxylation is 2. The molecule has 0 aliphatic carbocycles. The lowest BCUT2D eigenvalue weighted by Crippen LogP contribution is -2.49. The molecule has 10 rings (SSSR count). The van der Waals surface area contributed by atoms with Gasteiger partial charge in [0.15, 0.2) is 0 Å². The van der Waals surface area contributed by atoms with E-state index in [0.717, 1.165) is 124 Å². The molecule has 8 heterocycles. The Morgan fingerprint density at radius 3 is 2.47 bits per heavy atom. The number of amides is 3. The highest BCUT2D eigenvalue weighted by molar-refractivity contribution is 7.21. The van der Waals surface area contributed by atoms with Crippen LogP contribution in [0, 0.1) is 12.8 Å². The van der Waals surface area contributed by atoms with E-state index in [-0.39, 0.29) is 30.0 Å². The van der Waals surface area contributed by atoms with Gasteiger partial charge in [-0.15, -0.1) is 11.3 Å². The van der Waals surface area contributed by atoms with Gasteiger partial charge >= 0.3 is 5.69 Å². The molecule has 59 heavy (non-hydrogen) atoms. The molecule has 4 aliphatic heterocycles. The van der Waals surface area contributed by atoms with Crippen molar-refractivity contribution in [3.8, 4) is 11.3 Å². The molecular weight excluding hydrogens is 765 g/mol. The summed E-state index contributed by atoms with van der Waals surface area (Å²) in [7, 11) is 1.75. The maximum atomic E-state index is 13.3. The topological polar surface area (TPSA) is 150 Å². The molecule has 2 atom stereocenters.